The summed E-state index contributed by atoms with van der Waals surface area (Å²) in [6, 6.07) is 0. The Labute approximate surface area is 85.3 Å². The number of rotatable bonds is 8. The second-order valence-electron chi connectivity index (χ2n) is 2.17. The van der Waals surface area contributed by atoms with Crippen LogP contribution in [-0.4, -0.2) is 44.0 Å². The van der Waals surface area contributed by atoms with E-state index >= 15 is 0 Å². The monoisotopic (exact) mass is 252 g/mol. The maximum Gasteiger partial charge on any atom is 0.230 e. The topological polar surface area (TPSA) is 67.4 Å². The van der Waals surface area contributed by atoms with Crippen LogP contribution in [0.2, 0.25) is 0 Å². The zero-order valence-corrected chi connectivity index (χ0v) is 8.80. The van der Waals surface area contributed by atoms with Crippen LogP contribution < -0.4 is 10.6 Å². The van der Waals surface area contributed by atoms with Crippen LogP contribution >= 0.6 is 15.9 Å². The molecule has 0 aliphatic carbocycles. The van der Waals surface area contributed by atoms with Crippen molar-refractivity contribution in [1.82, 2.24) is 10.6 Å². The zero-order valence-electron chi connectivity index (χ0n) is 7.22. The maximum atomic E-state index is 10.7. The molecular formula is C7H13BrN2O3. The second kappa shape index (κ2) is 9.47. The molecule has 0 unspecified atom stereocenters. The minimum atomic E-state index is -0.0605. The lowest BCUT2D eigenvalue weighted by Gasteiger charge is -2.04. The number of hydrogen-bond acceptors (Lipinski definition) is 3. The SMILES string of the molecule is O=CNCCOCCNC(=O)CBr. The molecule has 0 fully saturated rings. The van der Waals surface area contributed by atoms with Crippen molar-refractivity contribution in [3.05, 3.63) is 0 Å². The van der Waals surface area contributed by atoms with E-state index in [1.807, 2.05) is 0 Å². The van der Waals surface area contributed by atoms with Crippen LogP contribution in [0.4, 0.5) is 0 Å². The summed E-state index contributed by atoms with van der Waals surface area (Å²) in [7, 11) is 0. The minimum Gasteiger partial charge on any atom is -0.378 e. The molecule has 0 aliphatic heterocycles. The molecule has 0 atom stereocenters. The highest BCUT2D eigenvalue weighted by Crippen LogP contribution is 1.78. The van der Waals surface area contributed by atoms with Gasteiger partial charge in [0.15, 0.2) is 0 Å². The van der Waals surface area contributed by atoms with Gasteiger partial charge in [-0.2, -0.15) is 0 Å². The number of alkyl halides is 1. The van der Waals surface area contributed by atoms with E-state index in [4.69, 9.17) is 4.74 Å². The van der Waals surface area contributed by atoms with Gasteiger partial charge in [-0.25, -0.2) is 0 Å². The first-order valence-corrected chi connectivity index (χ1v) is 5.01. The smallest absolute Gasteiger partial charge is 0.230 e. The van der Waals surface area contributed by atoms with E-state index in [0.29, 0.717) is 38.0 Å². The Morgan fingerprint density at radius 3 is 2.69 bits per heavy atom. The number of ether oxygens (including phenoxy) is 1. The summed E-state index contributed by atoms with van der Waals surface area (Å²) in [5, 5.41) is 5.39. The van der Waals surface area contributed by atoms with Crippen molar-refractivity contribution in [1.29, 1.82) is 0 Å². The Kier molecular flexibility index (Phi) is 9.02. The van der Waals surface area contributed by atoms with Crippen LogP contribution in [0, 0.1) is 0 Å². The number of carbonyl (C=O) groups excluding carboxylic acids is 2. The van der Waals surface area contributed by atoms with Gasteiger partial charge in [-0.05, 0) is 0 Å². The number of carbonyl (C=O) groups is 2. The first kappa shape index (κ1) is 12.4. The van der Waals surface area contributed by atoms with Crippen molar-refractivity contribution < 1.29 is 14.3 Å². The van der Waals surface area contributed by atoms with E-state index in [9.17, 15) is 9.59 Å². The normalized spacial score (nSPS) is 9.31. The third-order valence-electron chi connectivity index (χ3n) is 1.16. The summed E-state index contributed by atoms with van der Waals surface area (Å²) in [5.41, 5.74) is 0. The summed E-state index contributed by atoms with van der Waals surface area (Å²) in [5.74, 6) is -0.0605. The molecular weight excluding hydrogens is 240 g/mol. The average Bonchev–Trinajstić information content (AvgIpc) is 2.16. The molecule has 0 bridgehead atoms. The van der Waals surface area contributed by atoms with Crippen molar-refractivity contribution in [3.8, 4) is 0 Å². The van der Waals surface area contributed by atoms with Crippen molar-refractivity contribution in [2.24, 2.45) is 0 Å². The summed E-state index contributed by atoms with van der Waals surface area (Å²) < 4.78 is 5.08. The molecule has 0 aromatic heterocycles. The van der Waals surface area contributed by atoms with Gasteiger partial charge in [-0.3, -0.25) is 9.59 Å². The molecule has 13 heavy (non-hydrogen) atoms. The molecule has 0 aromatic rings. The van der Waals surface area contributed by atoms with Gasteiger partial charge in [0.05, 0.1) is 18.5 Å². The van der Waals surface area contributed by atoms with E-state index in [0.717, 1.165) is 0 Å². The average molecular weight is 253 g/mol. The van der Waals surface area contributed by atoms with Crippen LogP contribution in [0.25, 0.3) is 0 Å². The molecule has 0 heterocycles. The summed E-state index contributed by atoms with van der Waals surface area (Å²) in [6.45, 7) is 1.91. The molecule has 5 nitrogen and oxygen atoms in total. The molecule has 0 saturated carbocycles. The van der Waals surface area contributed by atoms with Gasteiger partial charge in [0.1, 0.15) is 0 Å². The highest BCUT2D eigenvalue weighted by molar-refractivity contribution is 9.09. The lowest BCUT2D eigenvalue weighted by atomic mass is 10.6. The molecule has 0 aliphatic rings. The van der Waals surface area contributed by atoms with Gasteiger partial charge >= 0.3 is 0 Å². The van der Waals surface area contributed by atoms with E-state index < -0.39 is 0 Å². The lowest BCUT2D eigenvalue weighted by molar-refractivity contribution is -0.118. The first-order chi connectivity index (χ1) is 6.31. The van der Waals surface area contributed by atoms with Crippen molar-refractivity contribution in [3.63, 3.8) is 0 Å². The molecule has 6 heteroatoms. The first-order valence-electron chi connectivity index (χ1n) is 3.88. The molecule has 76 valence electrons. The number of halogens is 1. The maximum absolute atomic E-state index is 10.7. The Morgan fingerprint density at radius 2 is 2.08 bits per heavy atom. The second-order valence-corrected chi connectivity index (χ2v) is 2.73. The van der Waals surface area contributed by atoms with Crippen LogP contribution in [0.1, 0.15) is 0 Å². The van der Waals surface area contributed by atoms with Crippen LogP contribution in [0.3, 0.4) is 0 Å². The van der Waals surface area contributed by atoms with E-state index in [1.165, 1.54) is 0 Å². The van der Waals surface area contributed by atoms with Gasteiger partial charge in [-0.15, -0.1) is 0 Å². The third kappa shape index (κ3) is 9.29. The number of nitrogens with one attached hydrogen (secondary N) is 2. The number of amides is 2. The van der Waals surface area contributed by atoms with Crippen LogP contribution in [-0.2, 0) is 14.3 Å². The fourth-order valence-corrected chi connectivity index (χ4v) is 0.800. The van der Waals surface area contributed by atoms with Crippen LogP contribution in [0.5, 0.6) is 0 Å². The van der Waals surface area contributed by atoms with Crippen molar-refractivity contribution >= 4 is 28.2 Å². The standard InChI is InChI=1S/C7H13BrN2O3/c8-5-7(12)10-2-4-13-3-1-9-6-11/h6H,1-5H2,(H,9,11)(H,10,12). The van der Waals surface area contributed by atoms with Gasteiger partial charge in [0, 0.05) is 13.1 Å². The predicted octanol–water partition coefficient (Wildman–Crippen LogP) is -0.740. The summed E-state index contributed by atoms with van der Waals surface area (Å²) in [4.78, 5) is 20.5. The van der Waals surface area contributed by atoms with Crippen molar-refractivity contribution in [2.45, 2.75) is 0 Å². The largest absolute Gasteiger partial charge is 0.378 e. The number of hydrogen-bond donors (Lipinski definition) is 2. The Morgan fingerprint density at radius 1 is 1.38 bits per heavy atom. The lowest BCUT2D eigenvalue weighted by Crippen LogP contribution is -2.28. The molecule has 2 N–H and O–H groups in total. The Hall–Kier alpha value is -0.620. The third-order valence-corrected chi connectivity index (χ3v) is 1.67. The van der Waals surface area contributed by atoms with Crippen molar-refractivity contribution in [2.75, 3.05) is 31.6 Å². The highest BCUT2D eigenvalue weighted by atomic mass is 79.9. The molecule has 0 aromatic carbocycles. The summed E-state index contributed by atoms with van der Waals surface area (Å²) in [6.07, 6.45) is 0.621. The van der Waals surface area contributed by atoms with Gasteiger partial charge in [0.25, 0.3) is 0 Å². The predicted molar refractivity (Wildman–Crippen MR) is 51.7 cm³/mol. The zero-order chi connectivity index (χ0) is 9.94. The molecule has 0 radical (unpaired) electrons. The molecule has 0 spiro atoms. The Balaban J connectivity index is 2.99. The van der Waals surface area contributed by atoms with E-state index in [-0.39, 0.29) is 5.91 Å². The van der Waals surface area contributed by atoms with Gasteiger partial charge < -0.3 is 15.4 Å². The van der Waals surface area contributed by atoms with E-state index in [1.54, 1.807) is 0 Å². The molecule has 0 rings (SSSR count). The van der Waals surface area contributed by atoms with Crippen LogP contribution in [0.15, 0.2) is 0 Å². The van der Waals surface area contributed by atoms with E-state index in [2.05, 4.69) is 26.6 Å². The Bertz CT molecular complexity index is 155. The van der Waals surface area contributed by atoms with Gasteiger partial charge in [-0.1, -0.05) is 15.9 Å². The fourth-order valence-electron chi connectivity index (χ4n) is 0.602. The highest BCUT2D eigenvalue weighted by Gasteiger charge is 1.95. The fraction of sp³-hybridized carbons (Fsp3) is 0.714. The minimum absolute atomic E-state index is 0.0605. The molecule has 0 saturated heterocycles. The van der Waals surface area contributed by atoms with Gasteiger partial charge in [0.2, 0.25) is 12.3 Å². The summed E-state index contributed by atoms with van der Waals surface area (Å²) >= 11 is 3.02. The quantitative estimate of drug-likeness (QED) is 0.340. The molecule has 2 amide bonds.